The lowest BCUT2D eigenvalue weighted by molar-refractivity contribution is -0.142. The summed E-state index contributed by atoms with van der Waals surface area (Å²) in [5.74, 6) is 1.22. The number of anilines is 1. The Labute approximate surface area is 295 Å². The van der Waals surface area contributed by atoms with Crippen molar-refractivity contribution >= 4 is 23.7 Å². The van der Waals surface area contributed by atoms with E-state index >= 15 is 0 Å². The molecule has 0 bridgehead atoms. The molecule has 3 N–H and O–H groups in total. The zero-order valence-electron chi connectivity index (χ0n) is 29.5. The summed E-state index contributed by atoms with van der Waals surface area (Å²) in [6, 6.07) is 12.2. The number of urea groups is 1. The third-order valence-electron chi connectivity index (χ3n) is 11.4. The highest BCUT2D eigenvalue weighted by Crippen LogP contribution is 2.35. The summed E-state index contributed by atoms with van der Waals surface area (Å²) in [4.78, 5) is 49.0. The second kappa shape index (κ2) is 14.7. The van der Waals surface area contributed by atoms with Gasteiger partial charge in [0.25, 0.3) is 5.91 Å². The molecule has 4 amide bonds. The summed E-state index contributed by atoms with van der Waals surface area (Å²) in [6.07, 6.45) is 4.60. The first-order chi connectivity index (χ1) is 24.1. The van der Waals surface area contributed by atoms with Crippen LogP contribution in [0.5, 0.6) is 11.5 Å². The van der Waals surface area contributed by atoms with Gasteiger partial charge >= 0.3 is 12.1 Å². The molecular formula is C38H52N6O6. The number of rotatable bonds is 6. The van der Waals surface area contributed by atoms with E-state index < -0.39 is 12.2 Å². The number of nitrogens with one attached hydrogen (secondary N) is 1. The molecule has 50 heavy (non-hydrogen) atoms. The Morgan fingerprint density at radius 3 is 2.38 bits per heavy atom. The van der Waals surface area contributed by atoms with Crippen LogP contribution in [0.15, 0.2) is 36.4 Å². The smallest absolute Gasteiger partial charge is 0.410 e. The van der Waals surface area contributed by atoms with Gasteiger partial charge in [-0.25, -0.2) is 9.59 Å². The normalized spacial score (nSPS) is 22.3. The van der Waals surface area contributed by atoms with Gasteiger partial charge in [0, 0.05) is 75.5 Å². The van der Waals surface area contributed by atoms with Crippen LogP contribution in [0, 0.1) is 6.92 Å². The number of nitrogens with two attached hydrogens (primary N) is 1. The van der Waals surface area contributed by atoms with Crippen LogP contribution in [0.25, 0.3) is 0 Å². The first-order valence-electron chi connectivity index (χ1n) is 18.5. The summed E-state index contributed by atoms with van der Waals surface area (Å²) in [7, 11) is 0. The van der Waals surface area contributed by atoms with Gasteiger partial charge < -0.3 is 44.9 Å². The van der Waals surface area contributed by atoms with Crippen molar-refractivity contribution in [2.24, 2.45) is 5.73 Å². The molecule has 270 valence electrons. The van der Waals surface area contributed by atoms with E-state index in [1.54, 1.807) is 4.90 Å². The maximum atomic E-state index is 14.2. The van der Waals surface area contributed by atoms with E-state index in [0.29, 0.717) is 70.6 Å². The molecule has 1 atom stereocenters. The highest BCUT2D eigenvalue weighted by Gasteiger charge is 2.37. The van der Waals surface area contributed by atoms with Gasteiger partial charge in [-0.15, -0.1) is 0 Å². The Hall–Kier alpha value is -4.03. The third kappa shape index (κ3) is 7.66. The second-order valence-corrected chi connectivity index (χ2v) is 15.0. The number of hydrogen-bond acceptors (Lipinski definition) is 8. The van der Waals surface area contributed by atoms with Gasteiger partial charge in [0.1, 0.15) is 13.2 Å². The summed E-state index contributed by atoms with van der Waals surface area (Å²) in [5, 5.41) is 3.06. The van der Waals surface area contributed by atoms with Crippen molar-refractivity contribution in [3.63, 3.8) is 0 Å². The van der Waals surface area contributed by atoms with Gasteiger partial charge in [0.15, 0.2) is 17.6 Å². The number of nitrogens with zero attached hydrogens (tertiary/aromatic N) is 4. The van der Waals surface area contributed by atoms with Gasteiger partial charge in [-0.2, -0.15) is 0 Å². The van der Waals surface area contributed by atoms with Crippen LogP contribution in [0.2, 0.25) is 0 Å². The molecule has 0 spiro atoms. The average molecular weight is 689 g/mol. The molecule has 7 rings (SSSR count). The molecule has 0 saturated carbocycles. The van der Waals surface area contributed by atoms with Gasteiger partial charge in [-0.3, -0.25) is 4.79 Å². The van der Waals surface area contributed by atoms with Crippen molar-refractivity contribution in [1.82, 2.24) is 19.6 Å². The molecule has 3 saturated heterocycles. The number of aryl methyl sites for hydroxylation is 1. The fraction of sp³-hybridized carbons (Fsp3) is 0.605. The Morgan fingerprint density at radius 2 is 1.62 bits per heavy atom. The van der Waals surface area contributed by atoms with E-state index in [1.165, 1.54) is 0 Å². The van der Waals surface area contributed by atoms with Crippen molar-refractivity contribution in [2.75, 3.05) is 64.3 Å². The summed E-state index contributed by atoms with van der Waals surface area (Å²) in [5.41, 5.74) is 10.1. The number of amides is 4. The number of carbonyl (C=O) groups excluding carboxylic acids is 3. The minimum atomic E-state index is -0.971. The second-order valence-electron chi connectivity index (χ2n) is 15.0. The monoisotopic (exact) mass is 688 g/mol. The maximum absolute atomic E-state index is 14.2. The molecule has 12 heteroatoms. The molecule has 3 fully saturated rings. The lowest BCUT2D eigenvalue weighted by Crippen LogP contribution is -2.55. The van der Waals surface area contributed by atoms with Crippen LogP contribution in [0.1, 0.15) is 62.1 Å². The van der Waals surface area contributed by atoms with Crippen LogP contribution in [0.4, 0.5) is 15.3 Å². The van der Waals surface area contributed by atoms with Crippen LogP contribution in [-0.2, 0) is 22.4 Å². The standard InChI is InChI=1S/C38H52N6O6/c1-26-23-27(24-32-34(26)49-22-21-48-32)25-33(35(45)42-14-8-29(9-15-42)41-19-12-38(2,39)13-20-41)50-37(47)43-16-10-30(11-17-43)44-18-7-28-5-3-4-6-31(28)40-36(44)46/h3-6,23-24,29-30,33H,7-22,25,39H2,1-2H3,(H,40,46)/t33-/m1/s1. The highest BCUT2D eigenvalue weighted by molar-refractivity contribution is 5.91. The molecule has 0 aromatic heterocycles. The lowest BCUT2D eigenvalue weighted by atomic mass is 9.89. The zero-order chi connectivity index (χ0) is 34.8. The molecule has 2 aromatic rings. The summed E-state index contributed by atoms with van der Waals surface area (Å²) in [6.45, 7) is 9.82. The number of benzene rings is 2. The molecule has 0 radical (unpaired) electrons. The average Bonchev–Trinajstić information content (AvgIpc) is 3.29. The fourth-order valence-corrected chi connectivity index (χ4v) is 8.26. The van der Waals surface area contributed by atoms with Gasteiger partial charge in [0.2, 0.25) is 0 Å². The molecule has 12 nitrogen and oxygen atoms in total. The number of piperidine rings is 3. The van der Waals surface area contributed by atoms with Crippen LogP contribution < -0.4 is 20.5 Å². The number of fused-ring (bicyclic) bond motifs is 2. The van der Waals surface area contributed by atoms with E-state index in [2.05, 4.69) is 23.2 Å². The van der Waals surface area contributed by atoms with Crippen molar-refractivity contribution in [3.05, 3.63) is 53.1 Å². The first kappa shape index (κ1) is 34.4. The first-order valence-corrected chi connectivity index (χ1v) is 18.5. The van der Waals surface area contributed by atoms with E-state index in [-0.39, 0.29) is 29.9 Å². The molecular weight excluding hydrogens is 636 g/mol. The lowest BCUT2D eigenvalue weighted by Gasteiger charge is -2.44. The van der Waals surface area contributed by atoms with Crippen LogP contribution >= 0.6 is 0 Å². The largest absolute Gasteiger partial charge is 0.486 e. The van der Waals surface area contributed by atoms with E-state index in [9.17, 15) is 14.4 Å². The van der Waals surface area contributed by atoms with Gasteiger partial charge in [-0.1, -0.05) is 24.3 Å². The minimum absolute atomic E-state index is 0.0197. The van der Waals surface area contributed by atoms with E-state index in [4.69, 9.17) is 19.9 Å². The fourth-order valence-electron chi connectivity index (χ4n) is 8.26. The predicted molar refractivity (Wildman–Crippen MR) is 190 cm³/mol. The molecule has 2 aromatic carbocycles. The number of likely N-dealkylation sites (tertiary alicyclic amines) is 3. The van der Waals surface area contributed by atoms with Crippen molar-refractivity contribution < 1.29 is 28.6 Å². The number of hydrogen-bond donors (Lipinski definition) is 2. The molecule has 5 aliphatic rings. The summed E-state index contributed by atoms with van der Waals surface area (Å²) < 4.78 is 17.8. The molecule has 0 unspecified atom stereocenters. The highest BCUT2D eigenvalue weighted by atomic mass is 16.6. The van der Waals surface area contributed by atoms with Crippen molar-refractivity contribution in [2.45, 2.75) is 88.9 Å². The quantitative estimate of drug-likeness (QED) is 0.463. The number of carbonyl (C=O) groups is 3. The van der Waals surface area contributed by atoms with Crippen LogP contribution in [0.3, 0.4) is 0 Å². The Kier molecular flexibility index (Phi) is 10.1. The molecule has 0 aliphatic carbocycles. The summed E-state index contributed by atoms with van der Waals surface area (Å²) >= 11 is 0. The Balaban J connectivity index is 0.995. The van der Waals surface area contributed by atoms with Crippen molar-refractivity contribution in [1.29, 1.82) is 0 Å². The molecule has 5 aliphatic heterocycles. The molecule has 5 heterocycles. The van der Waals surface area contributed by atoms with Gasteiger partial charge in [0.05, 0.1) is 0 Å². The zero-order valence-corrected chi connectivity index (χ0v) is 29.5. The minimum Gasteiger partial charge on any atom is -0.486 e. The number of ether oxygens (including phenoxy) is 3. The SMILES string of the molecule is Cc1cc(C[C@@H](OC(=O)N2CCC(N3CCc4ccccc4NC3=O)CC2)C(=O)N2CCC(N3CCC(C)(N)CC3)CC2)cc2c1OCCO2. The maximum Gasteiger partial charge on any atom is 0.410 e. The predicted octanol–water partition coefficient (Wildman–Crippen LogP) is 4.17. The topological polar surface area (TPSA) is 130 Å². The third-order valence-corrected chi connectivity index (χ3v) is 11.4. The van der Waals surface area contributed by atoms with Crippen LogP contribution in [-0.4, -0.2) is 120 Å². The van der Waals surface area contributed by atoms with E-state index in [1.807, 2.05) is 47.1 Å². The van der Waals surface area contributed by atoms with Gasteiger partial charge in [-0.05, 0) is 87.6 Å². The van der Waals surface area contributed by atoms with Crippen molar-refractivity contribution in [3.8, 4) is 11.5 Å². The Bertz CT molecular complexity index is 1560. The number of para-hydroxylation sites is 1. The Morgan fingerprint density at radius 1 is 0.940 bits per heavy atom. The van der Waals surface area contributed by atoms with E-state index in [0.717, 1.165) is 73.3 Å².